The molecule has 11 heavy (non-hydrogen) atoms. The van der Waals surface area contributed by atoms with Crippen LogP contribution in [-0.4, -0.2) is 25.0 Å². The van der Waals surface area contributed by atoms with Crippen LogP contribution in [0.5, 0.6) is 0 Å². The van der Waals surface area contributed by atoms with E-state index < -0.39 is 0 Å². The molecule has 66 valence electrons. The molecule has 0 aromatic carbocycles. The highest BCUT2D eigenvalue weighted by Crippen LogP contribution is 2.03. The number of nitrogens with one attached hydrogen (secondary N) is 1. The summed E-state index contributed by atoms with van der Waals surface area (Å²) in [7, 11) is 2.38. The summed E-state index contributed by atoms with van der Waals surface area (Å²) < 4.78 is 4.96. The summed E-state index contributed by atoms with van der Waals surface area (Å²) in [6, 6.07) is 0.205. The standard InChI is InChI=1S/C5H10NO2P.C2H6/c7-5-1-4(6-9)2-8-3-5;1-2/h4,6H,1-3,9H2;1-2H3. The number of carbonyl (C=O) groups is 1. The third-order valence-electron chi connectivity index (χ3n) is 1.29. The Morgan fingerprint density at radius 3 is 2.64 bits per heavy atom. The Labute approximate surface area is 70.1 Å². The molecular weight excluding hydrogens is 161 g/mol. The number of hydrogen-bond donors (Lipinski definition) is 1. The molecule has 3 nitrogen and oxygen atoms in total. The zero-order valence-corrected chi connectivity index (χ0v) is 8.25. The van der Waals surface area contributed by atoms with Gasteiger partial charge in [-0.15, -0.1) is 0 Å². The van der Waals surface area contributed by atoms with Crippen molar-refractivity contribution in [2.75, 3.05) is 13.2 Å². The summed E-state index contributed by atoms with van der Waals surface area (Å²) in [5.74, 6) is 0.182. The second-order valence-corrected chi connectivity index (χ2v) is 2.45. The Hall–Kier alpha value is 0.0200. The molecule has 0 aliphatic carbocycles. The van der Waals surface area contributed by atoms with Gasteiger partial charge >= 0.3 is 0 Å². The van der Waals surface area contributed by atoms with Gasteiger partial charge in [-0.2, -0.15) is 0 Å². The maximum Gasteiger partial charge on any atom is 0.160 e. The van der Waals surface area contributed by atoms with Crippen LogP contribution in [-0.2, 0) is 9.53 Å². The predicted molar refractivity (Wildman–Crippen MR) is 48.4 cm³/mol. The smallest absolute Gasteiger partial charge is 0.160 e. The number of hydrogen-bond acceptors (Lipinski definition) is 3. The molecule has 0 amide bonds. The van der Waals surface area contributed by atoms with Crippen molar-refractivity contribution in [2.24, 2.45) is 0 Å². The van der Waals surface area contributed by atoms with E-state index in [1.54, 1.807) is 0 Å². The Bertz CT molecular complexity index is 119. The largest absolute Gasteiger partial charge is 0.372 e. The molecule has 1 rings (SSSR count). The molecule has 0 spiro atoms. The van der Waals surface area contributed by atoms with Crippen molar-refractivity contribution in [1.82, 2.24) is 5.09 Å². The van der Waals surface area contributed by atoms with Crippen LogP contribution in [0.3, 0.4) is 0 Å². The first-order chi connectivity index (χ1) is 5.33. The van der Waals surface area contributed by atoms with Gasteiger partial charge < -0.3 is 4.74 Å². The predicted octanol–water partition coefficient (Wildman–Crippen LogP) is 0.750. The molecular formula is C7H16NO2P. The van der Waals surface area contributed by atoms with Gasteiger partial charge in [0.2, 0.25) is 0 Å². The van der Waals surface area contributed by atoms with E-state index in [9.17, 15) is 4.79 Å². The highest BCUT2D eigenvalue weighted by atomic mass is 31.0. The number of ether oxygens (including phenoxy) is 1. The van der Waals surface area contributed by atoms with Crippen molar-refractivity contribution in [1.29, 1.82) is 0 Å². The van der Waals surface area contributed by atoms with Crippen LogP contribution < -0.4 is 5.09 Å². The third-order valence-corrected chi connectivity index (χ3v) is 1.76. The van der Waals surface area contributed by atoms with Crippen LogP contribution in [0, 0.1) is 0 Å². The molecule has 0 aromatic heterocycles. The van der Waals surface area contributed by atoms with Gasteiger partial charge in [-0.3, -0.25) is 9.88 Å². The lowest BCUT2D eigenvalue weighted by atomic mass is 10.1. The highest BCUT2D eigenvalue weighted by molar-refractivity contribution is 7.13. The van der Waals surface area contributed by atoms with Gasteiger partial charge in [-0.25, -0.2) is 0 Å². The van der Waals surface area contributed by atoms with Crippen molar-refractivity contribution in [2.45, 2.75) is 26.3 Å². The Kier molecular flexibility index (Phi) is 6.73. The zero-order valence-electron chi connectivity index (χ0n) is 7.09. The maximum absolute atomic E-state index is 10.7. The third kappa shape index (κ3) is 4.46. The number of Topliss-reactive ketones (excluding diaryl/α,β-unsaturated/α-hetero) is 1. The Morgan fingerprint density at radius 1 is 1.64 bits per heavy atom. The average Bonchev–Trinajstić information content (AvgIpc) is 2.08. The Balaban J connectivity index is 0.000000461. The highest BCUT2D eigenvalue weighted by Gasteiger charge is 2.17. The number of ketones is 1. The monoisotopic (exact) mass is 177 g/mol. The summed E-state index contributed by atoms with van der Waals surface area (Å²) in [4.78, 5) is 10.7. The molecule has 0 bridgehead atoms. The lowest BCUT2D eigenvalue weighted by Gasteiger charge is -2.19. The lowest BCUT2D eigenvalue weighted by molar-refractivity contribution is -0.128. The Morgan fingerprint density at radius 2 is 2.27 bits per heavy atom. The average molecular weight is 177 g/mol. The second-order valence-electron chi connectivity index (χ2n) is 2.12. The SMILES string of the molecule is CC.O=C1COCC(NP)C1. The summed E-state index contributed by atoms with van der Waals surface area (Å²) in [5, 5.41) is 2.91. The van der Waals surface area contributed by atoms with E-state index in [2.05, 4.69) is 14.5 Å². The van der Waals surface area contributed by atoms with Crippen LogP contribution in [0.1, 0.15) is 20.3 Å². The number of rotatable bonds is 1. The van der Waals surface area contributed by atoms with Gasteiger partial charge in [0.1, 0.15) is 6.61 Å². The van der Waals surface area contributed by atoms with Crippen LogP contribution in [0.4, 0.5) is 0 Å². The van der Waals surface area contributed by atoms with Gasteiger partial charge in [0.25, 0.3) is 0 Å². The van der Waals surface area contributed by atoms with Gasteiger partial charge in [-0.05, 0) is 0 Å². The van der Waals surface area contributed by atoms with Crippen LogP contribution in [0.25, 0.3) is 0 Å². The molecule has 0 saturated carbocycles. The normalized spacial score (nSPS) is 23.9. The molecule has 0 aromatic rings. The molecule has 2 unspecified atom stereocenters. The molecule has 4 heteroatoms. The van der Waals surface area contributed by atoms with E-state index in [0.29, 0.717) is 19.6 Å². The van der Waals surface area contributed by atoms with E-state index in [1.165, 1.54) is 0 Å². The minimum atomic E-state index is 0.182. The van der Waals surface area contributed by atoms with Gasteiger partial charge in [0.05, 0.1) is 6.61 Å². The van der Waals surface area contributed by atoms with E-state index >= 15 is 0 Å². The first-order valence-corrected chi connectivity index (χ1v) is 4.46. The minimum Gasteiger partial charge on any atom is -0.372 e. The van der Waals surface area contributed by atoms with Crippen molar-refractivity contribution in [3.05, 3.63) is 0 Å². The van der Waals surface area contributed by atoms with E-state index in [4.69, 9.17) is 4.74 Å². The fraction of sp³-hybridized carbons (Fsp3) is 0.857. The molecule has 0 radical (unpaired) electrons. The summed E-state index contributed by atoms with van der Waals surface area (Å²) in [6.07, 6.45) is 0.601. The van der Waals surface area contributed by atoms with Crippen molar-refractivity contribution < 1.29 is 9.53 Å². The molecule has 1 heterocycles. The summed E-state index contributed by atoms with van der Waals surface area (Å²) in [5.41, 5.74) is 0. The first kappa shape index (κ1) is 11.0. The topological polar surface area (TPSA) is 38.3 Å². The second kappa shape index (κ2) is 6.71. The molecule has 1 aliphatic rings. The fourth-order valence-corrected chi connectivity index (χ4v) is 1.03. The summed E-state index contributed by atoms with van der Waals surface area (Å²) in [6.45, 7) is 4.94. The van der Waals surface area contributed by atoms with Crippen molar-refractivity contribution >= 4 is 15.2 Å². The molecule has 1 saturated heterocycles. The van der Waals surface area contributed by atoms with Gasteiger partial charge in [0.15, 0.2) is 5.78 Å². The quantitative estimate of drug-likeness (QED) is 0.601. The van der Waals surface area contributed by atoms with E-state index in [1.807, 2.05) is 13.8 Å². The summed E-state index contributed by atoms with van der Waals surface area (Å²) >= 11 is 0. The van der Waals surface area contributed by atoms with Crippen LogP contribution in [0.2, 0.25) is 0 Å². The van der Waals surface area contributed by atoms with Crippen LogP contribution >= 0.6 is 9.39 Å². The lowest BCUT2D eigenvalue weighted by Crippen LogP contribution is -2.35. The minimum absolute atomic E-state index is 0.182. The number of carbonyl (C=O) groups excluding carboxylic acids is 1. The molecule has 1 fully saturated rings. The maximum atomic E-state index is 10.7. The molecule has 1 aliphatic heterocycles. The van der Waals surface area contributed by atoms with Gasteiger partial charge in [-0.1, -0.05) is 23.2 Å². The zero-order chi connectivity index (χ0) is 8.69. The van der Waals surface area contributed by atoms with Crippen molar-refractivity contribution in [3.63, 3.8) is 0 Å². The molecule has 2 atom stereocenters. The first-order valence-electron chi connectivity index (χ1n) is 3.88. The van der Waals surface area contributed by atoms with Crippen LogP contribution in [0.15, 0.2) is 0 Å². The van der Waals surface area contributed by atoms with Gasteiger partial charge in [0, 0.05) is 12.5 Å². The van der Waals surface area contributed by atoms with E-state index in [0.717, 1.165) is 0 Å². The van der Waals surface area contributed by atoms with Crippen molar-refractivity contribution in [3.8, 4) is 0 Å². The fourth-order valence-electron chi connectivity index (χ4n) is 0.815. The van der Waals surface area contributed by atoms with E-state index in [-0.39, 0.29) is 11.8 Å². The molecule has 1 N–H and O–H groups in total.